The number of hydrogen-bond donors (Lipinski definition) is 1. The minimum absolute atomic E-state index is 0.348. The quantitative estimate of drug-likeness (QED) is 0.624. The third-order valence-corrected chi connectivity index (χ3v) is 3.84. The first-order valence-electron chi connectivity index (χ1n) is 7.61. The second kappa shape index (κ2) is 5.69. The maximum atomic E-state index is 6.09. The van der Waals surface area contributed by atoms with Gasteiger partial charge in [0.25, 0.3) is 0 Å². The molecule has 0 spiro atoms. The van der Waals surface area contributed by atoms with E-state index in [2.05, 4.69) is 36.4 Å². The van der Waals surface area contributed by atoms with Crippen molar-refractivity contribution >= 4 is 16.9 Å². The van der Waals surface area contributed by atoms with Gasteiger partial charge in [0.05, 0.1) is 23.6 Å². The van der Waals surface area contributed by atoms with Crippen molar-refractivity contribution in [3.63, 3.8) is 0 Å². The van der Waals surface area contributed by atoms with Crippen LogP contribution in [0.3, 0.4) is 0 Å². The lowest BCUT2D eigenvalue weighted by atomic mass is 10.2. The fourth-order valence-corrected chi connectivity index (χ4v) is 2.70. The Morgan fingerprint density at radius 3 is 2.71 bits per heavy atom. The van der Waals surface area contributed by atoms with Crippen molar-refractivity contribution in [2.24, 2.45) is 0 Å². The van der Waals surface area contributed by atoms with Crippen molar-refractivity contribution in [1.29, 1.82) is 0 Å². The van der Waals surface area contributed by atoms with E-state index in [1.807, 2.05) is 18.2 Å². The number of nitrogens with two attached hydrogens (primary N) is 1. The molecule has 4 heterocycles. The minimum Gasteiger partial charge on any atom is -0.382 e. The van der Waals surface area contributed by atoms with Crippen LogP contribution in [-0.2, 0) is 6.54 Å². The molecule has 0 aliphatic heterocycles. The molecule has 118 valence electrons. The van der Waals surface area contributed by atoms with Crippen LogP contribution >= 0.6 is 0 Å². The molecule has 4 aromatic rings. The largest absolute Gasteiger partial charge is 0.382 e. The Labute approximate surface area is 138 Å². The standard InChI is InChI=1S/C17H15N7/c1-2-24-14-5-7-20-9-13(14)23-17(24)15-16(18)21-10-12(22-15)11-4-3-6-19-8-11/h3-10H,2H2,1H3,(H2,18,21). The van der Waals surface area contributed by atoms with Crippen LogP contribution in [0.25, 0.3) is 33.8 Å². The summed E-state index contributed by atoms with van der Waals surface area (Å²) < 4.78 is 2.06. The summed E-state index contributed by atoms with van der Waals surface area (Å²) in [6, 6.07) is 5.73. The van der Waals surface area contributed by atoms with E-state index in [-0.39, 0.29) is 0 Å². The lowest BCUT2D eigenvalue weighted by molar-refractivity contribution is 0.793. The van der Waals surface area contributed by atoms with Crippen LogP contribution in [0.1, 0.15) is 6.92 Å². The zero-order chi connectivity index (χ0) is 16.5. The van der Waals surface area contributed by atoms with Crippen molar-refractivity contribution in [2.45, 2.75) is 13.5 Å². The summed E-state index contributed by atoms with van der Waals surface area (Å²) in [5.74, 6) is 1.04. The molecule has 4 aromatic heterocycles. The van der Waals surface area contributed by atoms with Gasteiger partial charge in [-0.2, -0.15) is 0 Å². The van der Waals surface area contributed by atoms with Crippen molar-refractivity contribution in [2.75, 3.05) is 5.73 Å². The number of imidazole rings is 1. The van der Waals surface area contributed by atoms with E-state index in [1.165, 1.54) is 0 Å². The average Bonchev–Trinajstić information content (AvgIpc) is 3.01. The van der Waals surface area contributed by atoms with Gasteiger partial charge in [0.2, 0.25) is 0 Å². The van der Waals surface area contributed by atoms with Gasteiger partial charge in [-0.3, -0.25) is 9.97 Å². The normalized spacial score (nSPS) is 11.0. The lowest BCUT2D eigenvalue weighted by Gasteiger charge is -2.09. The predicted molar refractivity (Wildman–Crippen MR) is 91.9 cm³/mol. The molecule has 0 saturated heterocycles. The minimum atomic E-state index is 0.348. The highest BCUT2D eigenvalue weighted by Gasteiger charge is 2.17. The SMILES string of the molecule is CCn1c(-c2nc(-c3cccnc3)cnc2N)nc2cnccc21. The topological polar surface area (TPSA) is 95.4 Å². The molecule has 0 unspecified atom stereocenters. The van der Waals surface area contributed by atoms with Crippen LogP contribution < -0.4 is 5.73 Å². The van der Waals surface area contributed by atoms with Gasteiger partial charge in [-0.15, -0.1) is 0 Å². The van der Waals surface area contributed by atoms with Gasteiger partial charge < -0.3 is 10.3 Å². The number of fused-ring (bicyclic) bond motifs is 1. The molecule has 0 aromatic carbocycles. The van der Waals surface area contributed by atoms with Gasteiger partial charge in [-0.1, -0.05) is 0 Å². The summed E-state index contributed by atoms with van der Waals surface area (Å²) in [7, 11) is 0. The number of aryl methyl sites for hydroxylation is 1. The van der Waals surface area contributed by atoms with Gasteiger partial charge in [0.15, 0.2) is 11.6 Å². The van der Waals surface area contributed by atoms with E-state index < -0.39 is 0 Å². The van der Waals surface area contributed by atoms with Crippen LogP contribution in [0.5, 0.6) is 0 Å². The van der Waals surface area contributed by atoms with Crippen molar-refractivity contribution < 1.29 is 0 Å². The third kappa shape index (κ3) is 2.26. The average molecular weight is 317 g/mol. The first-order chi connectivity index (χ1) is 11.8. The molecule has 24 heavy (non-hydrogen) atoms. The Morgan fingerprint density at radius 2 is 1.92 bits per heavy atom. The van der Waals surface area contributed by atoms with Gasteiger partial charge >= 0.3 is 0 Å². The smallest absolute Gasteiger partial charge is 0.163 e. The lowest BCUT2D eigenvalue weighted by Crippen LogP contribution is -2.04. The summed E-state index contributed by atoms with van der Waals surface area (Å²) in [5.41, 5.74) is 10.0. The number of nitrogens with zero attached hydrogens (tertiary/aromatic N) is 6. The summed E-state index contributed by atoms with van der Waals surface area (Å²) >= 11 is 0. The van der Waals surface area contributed by atoms with Gasteiger partial charge in [0, 0.05) is 30.7 Å². The van der Waals surface area contributed by atoms with Gasteiger partial charge in [-0.25, -0.2) is 15.0 Å². The van der Waals surface area contributed by atoms with Crippen LogP contribution in [0.2, 0.25) is 0 Å². The molecule has 0 radical (unpaired) electrons. The molecule has 2 N–H and O–H groups in total. The monoisotopic (exact) mass is 317 g/mol. The van der Waals surface area contributed by atoms with E-state index >= 15 is 0 Å². The highest BCUT2D eigenvalue weighted by molar-refractivity contribution is 5.81. The summed E-state index contributed by atoms with van der Waals surface area (Å²) in [6.45, 7) is 2.80. The maximum Gasteiger partial charge on any atom is 0.163 e. The molecule has 0 aliphatic rings. The molecule has 0 saturated carbocycles. The van der Waals surface area contributed by atoms with Gasteiger partial charge in [0.1, 0.15) is 11.2 Å². The summed E-state index contributed by atoms with van der Waals surface area (Å²) in [5, 5.41) is 0. The van der Waals surface area contributed by atoms with Crippen molar-refractivity contribution in [3.05, 3.63) is 49.2 Å². The summed E-state index contributed by atoms with van der Waals surface area (Å²) in [4.78, 5) is 21.9. The predicted octanol–water partition coefficient (Wildman–Crippen LogP) is 2.55. The van der Waals surface area contributed by atoms with E-state index in [0.29, 0.717) is 23.0 Å². The first kappa shape index (κ1) is 14.3. The Balaban J connectivity index is 1.94. The number of aromatic nitrogens is 6. The van der Waals surface area contributed by atoms with Crippen molar-refractivity contribution in [1.82, 2.24) is 29.5 Å². The Kier molecular flexibility index (Phi) is 3.38. The molecule has 0 bridgehead atoms. The van der Waals surface area contributed by atoms with E-state index in [1.54, 1.807) is 31.0 Å². The van der Waals surface area contributed by atoms with E-state index in [0.717, 1.165) is 23.1 Å². The highest BCUT2D eigenvalue weighted by Crippen LogP contribution is 2.28. The molecule has 7 nitrogen and oxygen atoms in total. The fraction of sp³-hybridized carbons (Fsp3) is 0.118. The second-order valence-electron chi connectivity index (χ2n) is 5.27. The number of rotatable bonds is 3. The van der Waals surface area contributed by atoms with Crippen LogP contribution in [0.15, 0.2) is 49.2 Å². The molecule has 0 amide bonds. The van der Waals surface area contributed by atoms with E-state index in [4.69, 9.17) is 5.73 Å². The summed E-state index contributed by atoms with van der Waals surface area (Å²) in [6.07, 6.45) is 8.60. The maximum absolute atomic E-state index is 6.09. The molecule has 4 rings (SSSR count). The molecule has 0 atom stereocenters. The zero-order valence-electron chi connectivity index (χ0n) is 13.1. The molecular formula is C17H15N7. The molecule has 7 heteroatoms. The number of nitrogen functional groups attached to an aromatic ring is 1. The van der Waals surface area contributed by atoms with Crippen LogP contribution in [0, 0.1) is 0 Å². The number of anilines is 1. The molecule has 0 fully saturated rings. The zero-order valence-corrected chi connectivity index (χ0v) is 13.1. The second-order valence-corrected chi connectivity index (χ2v) is 5.27. The number of pyridine rings is 2. The Hall–Kier alpha value is -3.35. The first-order valence-corrected chi connectivity index (χ1v) is 7.61. The Morgan fingerprint density at radius 1 is 1.04 bits per heavy atom. The fourth-order valence-electron chi connectivity index (χ4n) is 2.70. The van der Waals surface area contributed by atoms with Gasteiger partial charge in [-0.05, 0) is 25.1 Å². The van der Waals surface area contributed by atoms with E-state index in [9.17, 15) is 0 Å². The third-order valence-electron chi connectivity index (χ3n) is 3.84. The highest BCUT2D eigenvalue weighted by atomic mass is 15.1. The molecular weight excluding hydrogens is 302 g/mol. The number of hydrogen-bond acceptors (Lipinski definition) is 6. The van der Waals surface area contributed by atoms with Crippen molar-refractivity contribution in [3.8, 4) is 22.8 Å². The van der Waals surface area contributed by atoms with Crippen LogP contribution in [0.4, 0.5) is 5.82 Å². The molecule has 0 aliphatic carbocycles. The Bertz CT molecular complexity index is 1010. The van der Waals surface area contributed by atoms with Crippen LogP contribution in [-0.4, -0.2) is 29.5 Å².